The number of aliphatic hydroxyl groups excluding tert-OH is 3. The molecule has 3 atom stereocenters. The molecule has 0 aliphatic rings. The monoisotopic (exact) mass is 702 g/mol. The van der Waals surface area contributed by atoms with Crippen molar-refractivity contribution in [3.05, 3.63) is 48.6 Å². The fraction of sp³-hybridized carbons (Fsp3) is 0.800. The van der Waals surface area contributed by atoms with E-state index in [1.807, 2.05) is 6.08 Å². The number of amides is 1. The summed E-state index contributed by atoms with van der Waals surface area (Å²) in [6.45, 7) is 4.04. The lowest BCUT2D eigenvalue weighted by molar-refractivity contribution is -0.131. The molecule has 292 valence electrons. The van der Waals surface area contributed by atoms with Crippen LogP contribution in [0.25, 0.3) is 0 Å². The summed E-state index contributed by atoms with van der Waals surface area (Å²) in [6.07, 6.45) is 51.6. The molecule has 0 radical (unpaired) electrons. The normalized spacial score (nSPS) is 14.1. The quantitative estimate of drug-likeness (QED) is 0.0381. The van der Waals surface area contributed by atoms with Crippen LogP contribution in [0.2, 0.25) is 0 Å². The fourth-order valence-electron chi connectivity index (χ4n) is 6.28. The first-order valence-electron chi connectivity index (χ1n) is 21.5. The Kier molecular flexibility index (Phi) is 38.7. The second-order valence-electron chi connectivity index (χ2n) is 14.5. The summed E-state index contributed by atoms with van der Waals surface area (Å²) in [4.78, 5) is 12.4. The second kappa shape index (κ2) is 40.1. The van der Waals surface area contributed by atoms with Crippen molar-refractivity contribution in [1.82, 2.24) is 5.32 Å². The van der Waals surface area contributed by atoms with E-state index >= 15 is 0 Å². The number of nitrogens with one attached hydrogen (secondary N) is 1. The molecule has 0 aliphatic heterocycles. The lowest BCUT2D eigenvalue weighted by Crippen LogP contribution is -2.48. The summed E-state index contributed by atoms with van der Waals surface area (Å²) in [5.41, 5.74) is 0. The van der Waals surface area contributed by atoms with Gasteiger partial charge < -0.3 is 20.6 Å². The Morgan fingerprint density at radius 3 is 1.32 bits per heavy atom. The van der Waals surface area contributed by atoms with Gasteiger partial charge in [0.25, 0.3) is 0 Å². The van der Waals surface area contributed by atoms with Gasteiger partial charge in [0, 0.05) is 0 Å². The molecule has 0 aromatic heterocycles. The van der Waals surface area contributed by atoms with E-state index in [4.69, 9.17) is 0 Å². The molecule has 5 heteroatoms. The van der Waals surface area contributed by atoms with Gasteiger partial charge in [-0.15, -0.1) is 0 Å². The van der Waals surface area contributed by atoms with E-state index in [2.05, 4.69) is 55.6 Å². The number of allylic oxidation sites excluding steroid dienone is 7. The van der Waals surface area contributed by atoms with Crippen molar-refractivity contribution in [1.29, 1.82) is 0 Å². The first kappa shape index (κ1) is 48.3. The van der Waals surface area contributed by atoms with Crippen LogP contribution >= 0.6 is 0 Å². The minimum atomic E-state index is -1.11. The maximum absolute atomic E-state index is 12.4. The van der Waals surface area contributed by atoms with Gasteiger partial charge in [-0.1, -0.05) is 191 Å². The van der Waals surface area contributed by atoms with E-state index in [-0.39, 0.29) is 6.61 Å². The molecular formula is C45H83NO4. The summed E-state index contributed by atoms with van der Waals surface area (Å²) >= 11 is 0. The Bertz CT molecular complexity index is 820. The molecule has 0 saturated heterocycles. The van der Waals surface area contributed by atoms with Crippen molar-refractivity contribution in [2.75, 3.05) is 6.61 Å². The van der Waals surface area contributed by atoms with Crippen molar-refractivity contribution >= 4 is 5.91 Å². The molecule has 0 aromatic carbocycles. The molecule has 0 fully saturated rings. The predicted molar refractivity (Wildman–Crippen MR) is 217 cm³/mol. The Morgan fingerprint density at radius 2 is 0.880 bits per heavy atom. The summed E-state index contributed by atoms with van der Waals surface area (Å²) in [5.74, 6) is -0.522. The molecule has 5 nitrogen and oxygen atoms in total. The minimum absolute atomic E-state index is 0.383. The minimum Gasteiger partial charge on any atom is -0.394 e. The number of hydrogen-bond donors (Lipinski definition) is 4. The first-order chi connectivity index (χ1) is 24.6. The molecular weight excluding hydrogens is 618 g/mol. The maximum atomic E-state index is 12.4. The van der Waals surface area contributed by atoms with Gasteiger partial charge in [0.15, 0.2) is 0 Å². The van der Waals surface area contributed by atoms with Crippen LogP contribution in [0.4, 0.5) is 0 Å². The van der Waals surface area contributed by atoms with Gasteiger partial charge in [-0.25, -0.2) is 0 Å². The molecule has 4 N–H and O–H groups in total. The first-order valence-corrected chi connectivity index (χ1v) is 21.5. The van der Waals surface area contributed by atoms with Crippen molar-refractivity contribution in [2.45, 2.75) is 225 Å². The zero-order valence-corrected chi connectivity index (χ0v) is 33.0. The van der Waals surface area contributed by atoms with E-state index in [1.165, 1.54) is 135 Å². The lowest BCUT2D eigenvalue weighted by atomic mass is 10.0. The Hall–Kier alpha value is -1.69. The molecule has 0 heterocycles. The Balaban J connectivity index is 3.61. The van der Waals surface area contributed by atoms with E-state index in [0.29, 0.717) is 6.42 Å². The number of hydrogen-bond acceptors (Lipinski definition) is 4. The molecule has 0 saturated carbocycles. The number of rotatable bonds is 38. The molecule has 1 amide bonds. The van der Waals surface area contributed by atoms with Crippen molar-refractivity contribution in [3.63, 3.8) is 0 Å². The van der Waals surface area contributed by atoms with Crippen LogP contribution in [-0.2, 0) is 4.79 Å². The average molecular weight is 702 g/mol. The molecule has 3 unspecified atom stereocenters. The highest BCUT2D eigenvalue weighted by molar-refractivity contribution is 5.80. The smallest absolute Gasteiger partial charge is 0.249 e. The third-order valence-electron chi connectivity index (χ3n) is 9.63. The van der Waals surface area contributed by atoms with Gasteiger partial charge >= 0.3 is 0 Å². The topological polar surface area (TPSA) is 89.8 Å². The van der Waals surface area contributed by atoms with Crippen LogP contribution in [0.1, 0.15) is 206 Å². The fourth-order valence-corrected chi connectivity index (χ4v) is 6.28. The van der Waals surface area contributed by atoms with Crippen LogP contribution in [0, 0.1) is 0 Å². The van der Waals surface area contributed by atoms with E-state index in [9.17, 15) is 20.1 Å². The largest absolute Gasteiger partial charge is 0.394 e. The van der Waals surface area contributed by atoms with Gasteiger partial charge in [0.1, 0.15) is 6.10 Å². The van der Waals surface area contributed by atoms with Crippen LogP contribution in [-0.4, -0.2) is 46.1 Å². The third-order valence-corrected chi connectivity index (χ3v) is 9.63. The zero-order chi connectivity index (χ0) is 36.6. The molecule has 0 spiro atoms. The van der Waals surface area contributed by atoms with E-state index in [0.717, 1.165) is 51.4 Å². The van der Waals surface area contributed by atoms with Crippen LogP contribution < -0.4 is 5.32 Å². The van der Waals surface area contributed by atoms with Crippen LogP contribution in [0.15, 0.2) is 48.6 Å². The second-order valence-corrected chi connectivity index (χ2v) is 14.5. The average Bonchev–Trinajstić information content (AvgIpc) is 3.12. The molecule has 0 rings (SSSR count). The number of carbonyl (C=O) groups excluding carboxylic acids is 1. The van der Waals surface area contributed by atoms with Crippen molar-refractivity contribution < 1.29 is 20.1 Å². The SMILES string of the molecule is CC/C=C/CC/C=C/CC/C=C/C(O)C(CO)NC(=O)C(O)CCCCCCCCCCCC/C=C\CCCCCCCCCCCCCC. The summed E-state index contributed by atoms with van der Waals surface area (Å²) in [5, 5.41) is 32.9. The van der Waals surface area contributed by atoms with Gasteiger partial charge in [0.2, 0.25) is 5.91 Å². The van der Waals surface area contributed by atoms with Crippen molar-refractivity contribution in [2.24, 2.45) is 0 Å². The highest BCUT2D eigenvalue weighted by Crippen LogP contribution is 2.15. The van der Waals surface area contributed by atoms with E-state index in [1.54, 1.807) is 6.08 Å². The molecule has 0 aromatic rings. The zero-order valence-electron chi connectivity index (χ0n) is 33.0. The standard InChI is InChI=1S/C45H83NO4/c1-3-5-7-9-11-13-15-16-17-18-19-20-21-22-23-24-25-26-27-28-29-30-32-34-36-38-40-44(49)45(50)46-42(41-47)43(48)39-37-35-33-31-14-12-10-8-6-4-2/h6,8,14,22-23,31,37,39,42-44,47-49H,3-5,7,9-13,15-21,24-30,32-36,38,40-41H2,1-2H3,(H,46,50)/b8-6+,23-22-,31-14+,39-37+. The predicted octanol–water partition coefficient (Wildman–Crippen LogP) is 12.2. The Labute approximate surface area is 310 Å². The number of unbranched alkanes of at least 4 members (excludes halogenated alkanes) is 24. The van der Waals surface area contributed by atoms with Crippen molar-refractivity contribution in [3.8, 4) is 0 Å². The summed E-state index contributed by atoms with van der Waals surface area (Å²) < 4.78 is 0. The van der Waals surface area contributed by atoms with Gasteiger partial charge in [0.05, 0.1) is 18.8 Å². The van der Waals surface area contributed by atoms with E-state index < -0.39 is 24.2 Å². The summed E-state index contributed by atoms with van der Waals surface area (Å²) in [6, 6.07) is -0.820. The molecule has 0 aliphatic carbocycles. The van der Waals surface area contributed by atoms with Crippen LogP contribution in [0.5, 0.6) is 0 Å². The molecule has 50 heavy (non-hydrogen) atoms. The number of aliphatic hydroxyl groups is 3. The van der Waals surface area contributed by atoms with Gasteiger partial charge in [-0.05, 0) is 64.2 Å². The summed E-state index contributed by atoms with van der Waals surface area (Å²) in [7, 11) is 0. The maximum Gasteiger partial charge on any atom is 0.249 e. The highest BCUT2D eigenvalue weighted by atomic mass is 16.3. The molecule has 0 bridgehead atoms. The number of carbonyl (C=O) groups is 1. The Morgan fingerprint density at radius 1 is 0.500 bits per heavy atom. The lowest BCUT2D eigenvalue weighted by Gasteiger charge is -2.21. The third kappa shape index (κ3) is 34.7. The van der Waals surface area contributed by atoms with Gasteiger partial charge in [-0.3, -0.25) is 4.79 Å². The van der Waals surface area contributed by atoms with Gasteiger partial charge in [-0.2, -0.15) is 0 Å². The van der Waals surface area contributed by atoms with Crippen LogP contribution in [0.3, 0.4) is 0 Å². The highest BCUT2D eigenvalue weighted by Gasteiger charge is 2.22.